The van der Waals surface area contributed by atoms with Crippen molar-refractivity contribution < 1.29 is 9.53 Å². The summed E-state index contributed by atoms with van der Waals surface area (Å²) in [6.45, 7) is 2.97. The van der Waals surface area contributed by atoms with Gasteiger partial charge in [-0.1, -0.05) is 13.3 Å². The second kappa shape index (κ2) is 4.61. The van der Waals surface area contributed by atoms with E-state index in [9.17, 15) is 4.79 Å². The molecule has 2 atom stereocenters. The fourth-order valence-corrected chi connectivity index (χ4v) is 2.09. The molecule has 0 unspecified atom stereocenters. The lowest BCUT2D eigenvalue weighted by Gasteiger charge is -2.15. The maximum absolute atomic E-state index is 11.1. The number of carbonyl (C=O) groups is 1. The van der Waals surface area contributed by atoms with E-state index in [4.69, 9.17) is 4.74 Å². The van der Waals surface area contributed by atoms with E-state index in [-0.39, 0.29) is 0 Å². The van der Waals surface area contributed by atoms with Crippen LogP contribution in [0.4, 0.5) is 0 Å². The van der Waals surface area contributed by atoms with Gasteiger partial charge in [-0.3, -0.25) is 4.79 Å². The molecule has 0 spiro atoms. The Morgan fingerprint density at radius 2 is 2.08 bits per heavy atom. The molecular weight excluding hydrogens is 152 g/mol. The first-order chi connectivity index (χ1) is 5.77. The summed E-state index contributed by atoms with van der Waals surface area (Å²) in [6.07, 6.45) is 3.80. The molecule has 2 nitrogen and oxygen atoms in total. The van der Waals surface area contributed by atoms with Gasteiger partial charge >= 0.3 is 0 Å². The third kappa shape index (κ3) is 2.31. The predicted molar refractivity (Wildman–Crippen MR) is 48.0 cm³/mol. The Hall–Kier alpha value is -0.370. The zero-order valence-corrected chi connectivity index (χ0v) is 8.01. The topological polar surface area (TPSA) is 26.3 Å². The van der Waals surface area contributed by atoms with Crippen LogP contribution in [0.5, 0.6) is 0 Å². The molecule has 0 aromatic heterocycles. The van der Waals surface area contributed by atoms with E-state index in [2.05, 4.69) is 6.92 Å². The van der Waals surface area contributed by atoms with Crippen LogP contribution >= 0.6 is 0 Å². The summed E-state index contributed by atoms with van der Waals surface area (Å²) in [6, 6.07) is 0. The molecule has 0 aromatic carbocycles. The molecule has 1 aliphatic rings. The molecule has 0 amide bonds. The lowest BCUT2D eigenvalue weighted by molar-refractivity contribution is -0.117. The van der Waals surface area contributed by atoms with Gasteiger partial charge in [0.25, 0.3) is 0 Å². The Labute approximate surface area is 74.3 Å². The monoisotopic (exact) mass is 170 g/mol. The third-order valence-corrected chi connectivity index (χ3v) is 2.86. The van der Waals surface area contributed by atoms with Gasteiger partial charge in [-0.15, -0.1) is 0 Å². The number of carbonyl (C=O) groups excluding carboxylic acids is 1. The van der Waals surface area contributed by atoms with Crippen LogP contribution in [-0.2, 0) is 9.53 Å². The number of ketones is 1. The first-order valence-electron chi connectivity index (χ1n) is 4.78. The minimum atomic E-state index is 0.447. The Morgan fingerprint density at radius 3 is 2.67 bits per heavy atom. The van der Waals surface area contributed by atoms with Crippen molar-refractivity contribution in [2.45, 2.75) is 32.6 Å². The largest absolute Gasteiger partial charge is 0.385 e. The SMILES string of the molecule is CC[C@@H]1CC(=O)C[C@@H]1CCOC. The van der Waals surface area contributed by atoms with E-state index in [0.717, 1.165) is 32.3 Å². The summed E-state index contributed by atoms with van der Waals surface area (Å²) in [4.78, 5) is 11.1. The average Bonchev–Trinajstić information content (AvgIpc) is 2.42. The molecular formula is C10H18O2. The minimum Gasteiger partial charge on any atom is -0.385 e. The van der Waals surface area contributed by atoms with Crippen molar-refractivity contribution >= 4 is 5.78 Å². The maximum Gasteiger partial charge on any atom is 0.133 e. The van der Waals surface area contributed by atoms with E-state index in [1.807, 2.05) is 0 Å². The second-order valence-electron chi connectivity index (χ2n) is 3.66. The standard InChI is InChI=1S/C10H18O2/c1-3-8-6-10(11)7-9(8)4-5-12-2/h8-9H,3-7H2,1-2H3/t8-,9+/m1/s1. The van der Waals surface area contributed by atoms with Gasteiger partial charge in [0, 0.05) is 26.6 Å². The van der Waals surface area contributed by atoms with Gasteiger partial charge in [0.05, 0.1) is 0 Å². The molecule has 0 saturated heterocycles. The Kier molecular flexibility index (Phi) is 3.73. The molecule has 1 fully saturated rings. The van der Waals surface area contributed by atoms with Gasteiger partial charge in [0.1, 0.15) is 5.78 Å². The molecule has 0 aromatic rings. The van der Waals surface area contributed by atoms with Gasteiger partial charge < -0.3 is 4.74 Å². The quantitative estimate of drug-likeness (QED) is 0.645. The third-order valence-electron chi connectivity index (χ3n) is 2.86. The van der Waals surface area contributed by atoms with E-state index in [0.29, 0.717) is 17.6 Å². The van der Waals surface area contributed by atoms with E-state index in [1.54, 1.807) is 7.11 Å². The van der Waals surface area contributed by atoms with Crippen molar-refractivity contribution in [2.24, 2.45) is 11.8 Å². The van der Waals surface area contributed by atoms with Crippen molar-refractivity contribution in [1.29, 1.82) is 0 Å². The fourth-order valence-electron chi connectivity index (χ4n) is 2.09. The number of ether oxygens (including phenoxy) is 1. The van der Waals surface area contributed by atoms with Crippen molar-refractivity contribution in [2.75, 3.05) is 13.7 Å². The van der Waals surface area contributed by atoms with E-state index in [1.165, 1.54) is 0 Å². The summed E-state index contributed by atoms with van der Waals surface area (Å²) in [5.41, 5.74) is 0. The number of rotatable bonds is 4. The summed E-state index contributed by atoms with van der Waals surface area (Å²) >= 11 is 0. The highest BCUT2D eigenvalue weighted by atomic mass is 16.5. The number of hydrogen-bond donors (Lipinski definition) is 0. The van der Waals surface area contributed by atoms with Crippen molar-refractivity contribution in [3.63, 3.8) is 0 Å². The van der Waals surface area contributed by atoms with Crippen LogP contribution in [0, 0.1) is 11.8 Å². The molecule has 2 heteroatoms. The maximum atomic E-state index is 11.1. The molecule has 0 radical (unpaired) electrons. The first-order valence-corrected chi connectivity index (χ1v) is 4.78. The molecule has 1 aliphatic carbocycles. The Morgan fingerprint density at radius 1 is 1.42 bits per heavy atom. The molecule has 1 saturated carbocycles. The van der Waals surface area contributed by atoms with Crippen LogP contribution in [0.1, 0.15) is 32.6 Å². The highest BCUT2D eigenvalue weighted by Gasteiger charge is 2.30. The lowest BCUT2D eigenvalue weighted by Crippen LogP contribution is -2.09. The van der Waals surface area contributed by atoms with Crippen molar-refractivity contribution in [3.8, 4) is 0 Å². The fraction of sp³-hybridized carbons (Fsp3) is 0.900. The number of Topliss-reactive ketones (excluding diaryl/α,β-unsaturated/α-hetero) is 1. The molecule has 0 heterocycles. The molecule has 0 bridgehead atoms. The summed E-state index contributed by atoms with van der Waals surface area (Å²) in [5, 5.41) is 0. The molecule has 0 aliphatic heterocycles. The van der Waals surface area contributed by atoms with Crippen LogP contribution in [0.25, 0.3) is 0 Å². The number of methoxy groups -OCH3 is 1. The van der Waals surface area contributed by atoms with Crippen LogP contribution in [-0.4, -0.2) is 19.5 Å². The van der Waals surface area contributed by atoms with Crippen LogP contribution < -0.4 is 0 Å². The minimum absolute atomic E-state index is 0.447. The lowest BCUT2D eigenvalue weighted by atomic mass is 9.91. The highest BCUT2D eigenvalue weighted by Crippen LogP contribution is 2.33. The normalized spacial score (nSPS) is 29.7. The predicted octanol–water partition coefficient (Wildman–Crippen LogP) is 2.03. The van der Waals surface area contributed by atoms with Crippen LogP contribution in [0.3, 0.4) is 0 Å². The van der Waals surface area contributed by atoms with Crippen LogP contribution in [0.2, 0.25) is 0 Å². The van der Waals surface area contributed by atoms with Gasteiger partial charge in [-0.2, -0.15) is 0 Å². The second-order valence-corrected chi connectivity index (χ2v) is 3.66. The van der Waals surface area contributed by atoms with E-state index < -0.39 is 0 Å². The number of hydrogen-bond acceptors (Lipinski definition) is 2. The average molecular weight is 170 g/mol. The van der Waals surface area contributed by atoms with Crippen LogP contribution in [0.15, 0.2) is 0 Å². The molecule has 70 valence electrons. The molecule has 0 N–H and O–H groups in total. The molecule has 1 rings (SSSR count). The highest BCUT2D eigenvalue weighted by molar-refractivity contribution is 5.81. The Balaban J connectivity index is 2.35. The Bertz CT molecular complexity index is 154. The summed E-state index contributed by atoms with van der Waals surface area (Å²) in [5.74, 6) is 1.68. The van der Waals surface area contributed by atoms with Gasteiger partial charge in [0.2, 0.25) is 0 Å². The summed E-state index contributed by atoms with van der Waals surface area (Å²) in [7, 11) is 1.72. The smallest absolute Gasteiger partial charge is 0.133 e. The van der Waals surface area contributed by atoms with Crippen molar-refractivity contribution in [1.82, 2.24) is 0 Å². The zero-order chi connectivity index (χ0) is 8.97. The first kappa shape index (κ1) is 9.72. The zero-order valence-electron chi connectivity index (χ0n) is 8.01. The summed E-state index contributed by atoms with van der Waals surface area (Å²) < 4.78 is 5.02. The van der Waals surface area contributed by atoms with Crippen molar-refractivity contribution in [3.05, 3.63) is 0 Å². The van der Waals surface area contributed by atoms with E-state index >= 15 is 0 Å². The van der Waals surface area contributed by atoms with Gasteiger partial charge in [-0.05, 0) is 18.3 Å². The van der Waals surface area contributed by atoms with Gasteiger partial charge in [0.15, 0.2) is 0 Å². The molecule has 12 heavy (non-hydrogen) atoms. The van der Waals surface area contributed by atoms with Gasteiger partial charge in [-0.25, -0.2) is 0 Å².